The maximum absolute atomic E-state index is 12.9. The second kappa shape index (κ2) is 6.36. The van der Waals surface area contributed by atoms with Crippen molar-refractivity contribution < 1.29 is 22.7 Å². The highest BCUT2D eigenvalue weighted by atomic mass is 19.4. The fraction of sp³-hybridized carbons (Fsp3) is 0.312. The molecule has 0 bridgehead atoms. The lowest BCUT2D eigenvalue weighted by molar-refractivity contribution is -0.137. The average molecular weight is 367 g/mol. The van der Waals surface area contributed by atoms with Gasteiger partial charge in [-0.15, -0.1) is 0 Å². The Kier molecular flexibility index (Phi) is 4.34. The van der Waals surface area contributed by atoms with Gasteiger partial charge in [-0.3, -0.25) is 4.79 Å². The van der Waals surface area contributed by atoms with Crippen LogP contribution in [0.3, 0.4) is 0 Å². The zero-order valence-corrected chi connectivity index (χ0v) is 14.2. The van der Waals surface area contributed by atoms with Crippen LogP contribution in [0.4, 0.5) is 30.6 Å². The number of methoxy groups -OCH3 is 1. The molecule has 0 saturated carbocycles. The van der Waals surface area contributed by atoms with Crippen LogP contribution < -0.4 is 15.4 Å². The molecular formula is C16H16F3N5O2. The molecule has 0 saturated heterocycles. The molecule has 10 heteroatoms. The first-order valence-corrected chi connectivity index (χ1v) is 7.60. The van der Waals surface area contributed by atoms with Gasteiger partial charge in [-0.05, 0) is 17.7 Å². The number of hydrogen-bond donors (Lipinski definition) is 2. The minimum Gasteiger partial charge on any atom is -0.495 e. The Bertz CT molecular complexity index is 870. The molecule has 2 heterocycles. The van der Waals surface area contributed by atoms with Crippen LogP contribution in [0.2, 0.25) is 0 Å². The molecule has 0 aliphatic carbocycles. The van der Waals surface area contributed by atoms with Gasteiger partial charge in [0.2, 0.25) is 5.95 Å². The minimum absolute atomic E-state index is 0.0561. The molecule has 0 radical (unpaired) electrons. The molecule has 0 unspecified atom stereocenters. The molecule has 1 aliphatic heterocycles. The highest BCUT2D eigenvalue weighted by Crippen LogP contribution is 2.36. The summed E-state index contributed by atoms with van der Waals surface area (Å²) in [6.45, 7) is 0.464. The van der Waals surface area contributed by atoms with E-state index < -0.39 is 11.7 Å². The first-order valence-electron chi connectivity index (χ1n) is 7.60. The first kappa shape index (κ1) is 17.8. The standard InChI is InChI=1S/C16H16F3N5O2/c1-20-13-10(16(17,18)19)6-21-15(23-13)22-11-5-9-8(4-12(11)26-3)7-24(2)14(9)25/h4-6H,7H2,1-3H3,(H2,20,21,22,23). The minimum atomic E-state index is -4.57. The van der Waals surface area contributed by atoms with E-state index in [1.165, 1.54) is 14.2 Å². The summed E-state index contributed by atoms with van der Waals surface area (Å²) in [6.07, 6.45) is -3.88. The first-order chi connectivity index (χ1) is 12.2. The number of anilines is 3. The quantitative estimate of drug-likeness (QED) is 0.865. The number of hydrogen-bond acceptors (Lipinski definition) is 6. The highest BCUT2D eigenvalue weighted by molar-refractivity contribution is 5.99. The fourth-order valence-electron chi connectivity index (χ4n) is 2.71. The third-order valence-corrected chi connectivity index (χ3v) is 3.99. The lowest BCUT2D eigenvalue weighted by Crippen LogP contribution is -2.17. The maximum Gasteiger partial charge on any atom is 0.421 e. The second-order valence-corrected chi connectivity index (χ2v) is 5.70. The summed E-state index contributed by atoms with van der Waals surface area (Å²) in [6, 6.07) is 3.29. The molecule has 2 N–H and O–H groups in total. The molecule has 0 fully saturated rings. The van der Waals surface area contributed by atoms with E-state index in [1.54, 1.807) is 24.1 Å². The van der Waals surface area contributed by atoms with Gasteiger partial charge in [0, 0.05) is 32.4 Å². The SMILES string of the molecule is CNc1nc(Nc2cc3c(cc2OC)CN(C)C3=O)ncc1C(F)(F)F. The third-order valence-electron chi connectivity index (χ3n) is 3.99. The molecule has 7 nitrogen and oxygen atoms in total. The van der Waals surface area contributed by atoms with Crippen molar-refractivity contribution in [3.05, 3.63) is 35.0 Å². The Labute approximate surface area is 147 Å². The number of nitrogens with zero attached hydrogens (tertiary/aromatic N) is 3. The van der Waals surface area contributed by atoms with Crippen molar-refractivity contribution in [2.45, 2.75) is 12.7 Å². The monoisotopic (exact) mass is 367 g/mol. The largest absolute Gasteiger partial charge is 0.495 e. The van der Waals surface area contributed by atoms with E-state index in [2.05, 4.69) is 20.6 Å². The summed E-state index contributed by atoms with van der Waals surface area (Å²) < 4.78 is 44.1. The second-order valence-electron chi connectivity index (χ2n) is 5.70. The number of nitrogens with one attached hydrogen (secondary N) is 2. The summed E-state index contributed by atoms with van der Waals surface area (Å²) in [5.41, 5.74) is 0.723. The number of benzene rings is 1. The van der Waals surface area contributed by atoms with Crippen LogP contribution in [0, 0.1) is 0 Å². The number of alkyl halides is 3. The molecule has 26 heavy (non-hydrogen) atoms. The van der Waals surface area contributed by atoms with Gasteiger partial charge in [-0.1, -0.05) is 0 Å². The molecular weight excluding hydrogens is 351 g/mol. The van der Waals surface area contributed by atoms with Gasteiger partial charge >= 0.3 is 6.18 Å². The van der Waals surface area contributed by atoms with E-state index in [0.29, 0.717) is 29.7 Å². The predicted molar refractivity (Wildman–Crippen MR) is 88.7 cm³/mol. The van der Waals surface area contributed by atoms with Crippen molar-refractivity contribution in [2.24, 2.45) is 0 Å². The van der Waals surface area contributed by atoms with E-state index in [-0.39, 0.29) is 17.7 Å². The van der Waals surface area contributed by atoms with Crippen molar-refractivity contribution in [2.75, 3.05) is 31.8 Å². The van der Waals surface area contributed by atoms with Crippen LogP contribution in [0.15, 0.2) is 18.3 Å². The maximum atomic E-state index is 12.9. The van der Waals surface area contributed by atoms with Crippen LogP contribution in [0.1, 0.15) is 21.5 Å². The van der Waals surface area contributed by atoms with Crippen LogP contribution in [0.25, 0.3) is 0 Å². The molecule has 138 valence electrons. The van der Waals surface area contributed by atoms with Gasteiger partial charge in [0.1, 0.15) is 17.1 Å². The Morgan fingerprint density at radius 2 is 2.04 bits per heavy atom. The molecule has 1 aromatic heterocycles. The van der Waals surface area contributed by atoms with Gasteiger partial charge < -0.3 is 20.3 Å². The average Bonchev–Trinajstić information content (AvgIpc) is 2.87. The van der Waals surface area contributed by atoms with Crippen molar-refractivity contribution in [1.82, 2.24) is 14.9 Å². The van der Waals surface area contributed by atoms with Gasteiger partial charge in [0.15, 0.2) is 0 Å². The number of amides is 1. The third kappa shape index (κ3) is 3.09. The Morgan fingerprint density at radius 3 is 2.65 bits per heavy atom. The smallest absolute Gasteiger partial charge is 0.421 e. The number of halogens is 3. The molecule has 0 atom stereocenters. The Morgan fingerprint density at radius 1 is 1.31 bits per heavy atom. The van der Waals surface area contributed by atoms with Gasteiger partial charge in [-0.2, -0.15) is 18.2 Å². The van der Waals surface area contributed by atoms with E-state index >= 15 is 0 Å². The van der Waals surface area contributed by atoms with E-state index in [9.17, 15) is 18.0 Å². The Hall–Kier alpha value is -3.04. The van der Waals surface area contributed by atoms with Crippen molar-refractivity contribution >= 4 is 23.4 Å². The number of ether oxygens (including phenoxy) is 1. The van der Waals surface area contributed by atoms with E-state index in [4.69, 9.17) is 4.74 Å². The van der Waals surface area contributed by atoms with Crippen molar-refractivity contribution in [3.63, 3.8) is 0 Å². The zero-order valence-electron chi connectivity index (χ0n) is 14.2. The topological polar surface area (TPSA) is 79.4 Å². The Balaban J connectivity index is 1.98. The van der Waals surface area contributed by atoms with Crippen LogP contribution in [-0.2, 0) is 12.7 Å². The number of carbonyl (C=O) groups excluding carboxylic acids is 1. The van der Waals surface area contributed by atoms with E-state index in [1.807, 2.05) is 0 Å². The van der Waals surface area contributed by atoms with Gasteiger partial charge in [0.25, 0.3) is 5.91 Å². The summed E-state index contributed by atoms with van der Waals surface area (Å²) in [5, 5.41) is 5.22. The van der Waals surface area contributed by atoms with Crippen LogP contribution in [0.5, 0.6) is 5.75 Å². The van der Waals surface area contributed by atoms with Crippen LogP contribution >= 0.6 is 0 Å². The molecule has 1 aromatic carbocycles. The number of fused-ring (bicyclic) bond motifs is 1. The number of rotatable bonds is 4. The molecule has 1 amide bonds. The number of carbonyl (C=O) groups is 1. The summed E-state index contributed by atoms with van der Waals surface area (Å²) in [4.78, 5) is 21.3. The lowest BCUT2D eigenvalue weighted by atomic mass is 10.1. The normalized spacial score (nSPS) is 13.6. The number of aromatic nitrogens is 2. The molecule has 2 aromatic rings. The predicted octanol–water partition coefficient (Wildman–Crippen LogP) is 2.87. The zero-order chi connectivity index (χ0) is 19.1. The van der Waals surface area contributed by atoms with Gasteiger partial charge in [-0.25, -0.2) is 4.98 Å². The van der Waals surface area contributed by atoms with Crippen LogP contribution in [-0.4, -0.2) is 42.0 Å². The summed E-state index contributed by atoms with van der Waals surface area (Å²) in [7, 11) is 4.48. The van der Waals surface area contributed by atoms with Gasteiger partial charge in [0.05, 0.1) is 12.8 Å². The molecule has 3 rings (SSSR count). The fourth-order valence-corrected chi connectivity index (χ4v) is 2.71. The molecule has 1 aliphatic rings. The van der Waals surface area contributed by atoms with Crippen molar-refractivity contribution in [3.8, 4) is 5.75 Å². The van der Waals surface area contributed by atoms with Crippen molar-refractivity contribution in [1.29, 1.82) is 0 Å². The molecule has 0 spiro atoms. The highest BCUT2D eigenvalue weighted by Gasteiger charge is 2.35. The summed E-state index contributed by atoms with van der Waals surface area (Å²) in [5.74, 6) is -0.123. The lowest BCUT2D eigenvalue weighted by Gasteiger charge is -2.14. The van der Waals surface area contributed by atoms with E-state index in [0.717, 1.165) is 5.56 Å². The summed E-state index contributed by atoms with van der Waals surface area (Å²) >= 11 is 0.